The van der Waals surface area contributed by atoms with E-state index in [1.54, 1.807) is 48.5 Å². The van der Waals surface area contributed by atoms with E-state index in [-0.39, 0.29) is 5.91 Å². The Bertz CT molecular complexity index is 1010. The van der Waals surface area contributed by atoms with Crippen LogP contribution in [0.25, 0.3) is 0 Å². The number of nitrogens with one attached hydrogen (secondary N) is 2. The molecule has 2 N–H and O–H groups in total. The van der Waals surface area contributed by atoms with Gasteiger partial charge in [0.25, 0.3) is 11.8 Å². The van der Waals surface area contributed by atoms with Crippen molar-refractivity contribution in [1.29, 1.82) is 0 Å². The Kier molecular flexibility index (Phi) is 5.96. The van der Waals surface area contributed by atoms with E-state index in [0.717, 1.165) is 0 Å². The van der Waals surface area contributed by atoms with Crippen molar-refractivity contribution in [1.82, 2.24) is 4.98 Å². The van der Waals surface area contributed by atoms with Gasteiger partial charge in [0.15, 0.2) is 0 Å². The number of carbonyl (C=O) groups excluding carboxylic acids is 2. The second kappa shape index (κ2) is 8.39. The minimum Gasteiger partial charge on any atom is -0.322 e. The highest BCUT2D eigenvalue weighted by molar-refractivity contribution is 6.36. The Morgan fingerprint density at radius 3 is 2.30 bits per heavy atom. The maximum atomic E-state index is 12.4. The van der Waals surface area contributed by atoms with Crippen LogP contribution in [0.1, 0.15) is 20.7 Å². The van der Waals surface area contributed by atoms with Gasteiger partial charge in [-0.3, -0.25) is 9.59 Å². The van der Waals surface area contributed by atoms with Gasteiger partial charge < -0.3 is 10.6 Å². The van der Waals surface area contributed by atoms with Gasteiger partial charge >= 0.3 is 0 Å². The molecule has 2 amide bonds. The molecule has 0 bridgehead atoms. The third-order valence-corrected chi connectivity index (χ3v) is 4.46. The summed E-state index contributed by atoms with van der Waals surface area (Å²) in [7, 11) is 0. The van der Waals surface area contributed by atoms with Crippen molar-refractivity contribution in [3.63, 3.8) is 0 Å². The van der Waals surface area contributed by atoms with E-state index in [1.165, 1.54) is 12.3 Å². The van der Waals surface area contributed by atoms with Gasteiger partial charge in [0, 0.05) is 11.9 Å². The van der Waals surface area contributed by atoms with E-state index in [9.17, 15) is 9.59 Å². The first-order valence-corrected chi connectivity index (χ1v) is 8.86. The Morgan fingerprint density at radius 2 is 1.59 bits per heavy atom. The fraction of sp³-hybridized carbons (Fsp3) is 0. The molecule has 5 nitrogen and oxygen atoms in total. The van der Waals surface area contributed by atoms with Crippen molar-refractivity contribution in [2.75, 3.05) is 10.6 Å². The smallest absolute Gasteiger partial charge is 0.257 e. The third kappa shape index (κ3) is 4.77. The lowest BCUT2D eigenvalue weighted by atomic mass is 10.2. The van der Waals surface area contributed by atoms with Crippen molar-refractivity contribution in [3.8, 4) is 0 Å². The maximum Gasteiger partial charge on any atom is 0.257 e. The van der Waals surface area contributed by atoms with Crippen LogP contribution in [0.5, 0.6) is 0 Å². The van der Waals surface area contributed by atoms with Gasteiger partial charge in [-0.1, -0.05) is 46.9 Å². The molecule has 0 radical (unpaired) electrons. The molecule has 1 aromatic heterocycles. The SMILES string of the molecule is O=C(Nc1ccc(Cl)c(NC(=O)c2ccccc2Cl)c1)c1ccc(Cl)nc1. The monoisotopic (exact) mass is 419 g/mol. The summed E-state index contributed by atoms with van der Waals surface area (Å²) in [5.41, 5.74) is 1.45. The summed E-state index contributed by atoms with van der Waals surface area (Å²) in [6.07, 6.45) is 1.37. The van der Waals surface area contributed by atoms with Gasteiger partial charge in [-0.15, -0.1) is 0 Å². The highest BCUT2D eigenvalue weighted by atomic mass is 35.5. The number of nitrogens with zero attached hydrogens (tertiary/aromatic N) is 1. The molecule has 8 heteroatoms. The molecule has 0 saturated carbocycles. The minimum atomic E-state index is -0.409. The molecular formula is C19H12Cl3N3O2. The van der Waals surface area contributed by atoms with Crippen LogP contribution in [0.3, 0.4) is 0 Å². The highest BCUT2D eigenvalue weighted by Crippen LogP contribution is 2.27. The summed E-state index contributed by atoms with van der Waals surface area (Å²) >= 11 is 17.9. The number of aromatic nitrogens is 1. The fourth-order valence-electron chi connectivity index (χ4n) is 2.25. The van der Waals surface area contributed by atoms with Crippen LogP contribution in [0.15, 0.2) is 60.8 Å². The number of hydrogen-bond acceptors (Lipinski definition) is 3. The van der Waals surface area contributed by atoms with E-state index in [1.807, 2.05) is 0 Å². The Balaban J connectivity index is 1.78. The molecule has 136 valence electrons. The van der Waals surface area contributed by atoms with Crippen LogP contribution in [0.4, 0.5) is 11.4 Å². The topological polar surface area (TPSA) is 71.1 Å². The van der Waals surface area contributed by atoms with E-state index in [2.05, 4.69) is 15.6 Å². The number of carbonyl (C=O) groups is 2. The Morgan fingerprint density at radius 1 is 0.815 bits per heavy atom. The van der Waals surface area contributed by atoms with Crippen molar-refractivity contribution in [2.45, 2.75) is 0 Å². The lowest BCUT2D eigenvalue weighted by Crippen LogP contribution is -2.14. The number of pyridine rings is 1. The van der Waals surface area contributed by atoms with Gasteiger partial charge in [-0.05, 0) is 42.5 Å². The average molecular weight is 421 g/mol. The molecule has 3 rings (SSSR count). The van der Waals surface area contributed by atoms with Gasteiger partial charge in [-0.2, -0.15) is 0 Å². The predicted octanol–water partition coefficient (Wildman–Crippen LogP) is 5.55. The van der Waals surface area contributed by atoms with Crippen LogP contribution in [0, 0.1) is 0 Å². The molecular weight excluding hydrogens is 409 g/mol. The van der Waals surface area contributed by atoms with Crippen LogP contribution in [-0.4, -0.2) is 16.8 Å². The van der Waals surface area contributed by atoms with Crippen LogP contribution in [0.2, 0.25) is 15.2 Å². The van der Waals surface area contributed by atoms with Gasteiger partial charge in [0.1, 0.15) is 5.15 Å². The largest absolute Gasteiger partial charge is 0.322 e. The molecule has 0 fully saturated rings. The zero-order valence-corrected chi connectivity index (χ0v) is 15.9. The zero-order valence-electron chi connectivity index (χ0n) is 13.7. The average Bonchev–Trinajstić information content (AvgIpc) is 2.65. The molecule has 0 aliphatic rings. The highest BCUT2D eigenvalue weighted by Gasteiger charge is 2.13. The van der Waals surface area contributed by atoms with Crippen LogP contribution < -0.4 is 10.6 Å². The van der Waals surface area contributed by atoms with Crippen LogP contribution >= 0.6 is 34.8 Å². The Labute approximate surface area is 170 Å². The second-order valence-electron chi connectivity index (χ2n) is 5.45. The van der Waals surface area contributed by atoms with Crippen molar-refractivity contribution in [2.24, 2.45) is 0 Å². The maximum absolute atomic E-state index is 12.4. The predicted molar refractivity (Wildman–Crippen MR) is 108 cm³/mol. The normalized spacial score (nSPS) is 10.3. The van der Waals surface area contributed by atoms with Gasteiger partial charge in [0.2, 0.25) is 0 Å². The first-order chi connectivity index (χ1) is 12.9. The quantitative estimate of drug-likeness (QED) is 0.544. The van der Waals surface area contributed by atoms with Crippen molar-refractivity contribution in [3.05, 3.63) is 87.1 Å². The Hall–Kier alpha value is -2.60. The summed E-state index contributed by atoms with van der Waals surface area (Å²) in [6.45, 7) is 0. The molecule has 0 aliphatic carbocycles. The molecule has 0 saturated heterocycles. The standard InChI is InChI=1S/C19H12Cl3N3O2/c20-14-4-2-1-3-13(14)19(27)25-16-9-12(6-7-15(16)21)24-18(26)11-5-8-17(22)23-10-11/h1-10H,(H,24,26)(H,25,27). The number of hydrogen-bond donors (Lipinski definition) is 2. The molecule has 0 spiro atoms. The molecule has 27 heavy (non-hydrogen) atoms. The van der Waals surface area contributed by atoms with Gasteiger partial charge in [0.05, 0.1) is 26.9 Å². The zero-order chi connectivity index (χ0) is 19.4. The molecule has 3 aromatic rings. The lowest BCUT2D eigenvalue weighted by Gasteiger charge is -2.11. The summed E-state index contributed by atoms with van der Waals surface area (Å²) in [4.78, 5) is 28.6. The van der Waals surface area contributed by atoms with E-state index < -0.39 is 5.91 Å². The third-order valence-electron chi connectivity index (χ3n) is 3.58. The first kappa shape index (κ1) is 19.2. The van der Waals surface area contributed by atoms with E-state index in [0.29, 0.717) is 37.7 Å². The van der Waals surface area contributed by atoms with Crippen LogP contribution in [-0.2, 0) is 0 Å². The van der Waals surface area contributed by atoms with Crippen molar-refractivity contribution < 1.29 is 9.59 Å². The number of anilines is 2. The minimum absolute atomic E-state index is 0.294. The number of benzene rings is 2. The molecule has 0 atom stereocenters. The summed E-state index contributed by atoms with van der Waals surface area (Å²) in [6, 6.07) is 14.5. The number of amides is 2. The second-order valence-corrected chi connectivity index (χ2v) is 6.65. The molecule has 0 unspecified atom stereocenters. The number of rotatable bonds is 4. The molecule has 2 aromatic carbocycles. The molecule has 0 aliphatic heterocycles. The van der Waals surface area contributed by atoms with E-state index in [4.69, 9.17) is 34.8 Å². The first-order valence-electron chi connectivity index (χ1n) is 7.72. The molecule has 1 heterocycles. The van der Waals surface area contributed by atoms with Crippen molar-refractivity contribution >= 4 is 58.0 Å². The fourth-order valence-corrected chi connectivity index (χ4v) is 2.75. The summed E-state index contributed by atoms with van der Waals surface area (Å²) in [5, 5.41) is 6.34. The van der Waals surface area contributed by atoms with Gasteiger partial charge in [-0.25, -0.2) is 4.98 Å². The lowest BCUT2D eigenvalue weighted by molar-refractivity contribution is 0.101. The summed E-state index contributed by atoms with van der Waals surface area (Å²) < 4.78 is 0. The summed E-state index contributed by atoms with van der Waals surface area (Å²) in [5.74, 6) is -0.780. The number of halogens is 3. The van der Waals surface area contributed by atoms with E-state index >= 15 is 0 Å².